The molecule has 1 aromatic carbocycles. The van der Waals surface area contributed by atoms with Gasteiger partial charge < -0.3 is 10.6 Å². The third-order valence-electron chi connectivity index (χ3n) is 5.89. The fourth-order valence-electron chi connectivity index (χ4n) is 4.06. The Bertz CT molecular complexity index is 1060. The van der Waals surface area contributed by atoms with Gasteiger partial charge in [-0.25, -0.2) is 4.98 Å². The lowest BCUT2D eigenvalue weighted by Crippen LogP contribution is -2.18. The number of allylic oxidation sites excluding steroid dienone is 1. The van der Waals surface area contributed by atoms with E-state index in [0.717, 1.165) is 67.7 Å². The highest BCUT2D eigenvalue weighted by atomic mass is 16.1. The second kappa shape index (κ2) is 10.7. The Morgan fingerprint density at radius 3 is 2.53 bits per heavy atom. The molecule has 0 fully saturated rings. The summed E-state index contributed by atoms with van der Waals surface area (Å²) >= 11 is 0. The molecule has 0 unspecified atom stereocenters. The van der Waals surface area contributed by atoms with Crippen LogP contribution in [-0.2, 0) is 17.6 Å². The number of rotatable bonds is 8. The molecule has 0 saturated carbocycles. The largest absolute Gasteiger partial charge is 0.370 e. The number of hydrogen-bond acceptors (Lipinski definition) is 4. The molecular formula is C27H30N4O. The molecule has 0 saturated heterocycles. The zero-order valence-corrected chi connectivity index (χ0v) is 18.6. The number of carbonyl (C=O) groups excluding carboxylic acids is 1. The van der Waals surface area contributed by atoms with Crippen LogP contribution in [-0.4, -0.2) is 22.4 Å². The second-order valence-corrected chi connectivity index (χ2v) is 8.10. The molecular weight excluding hydrogens is 396 g/mol. The van der Waals surface area contributed by atoms with Crippen LogP contribution >= 0.6 is 0 Å². The van der Waals surface area contributed by atoms with Crippen molar-refractivity contribution in [3.05, 3.63) is 89.4 Å². The molecule has 1 aliphatic rings. The van der Waals surface area contributed by atoms with E-state index in [2.05, 4.69) is 51.8 Å². The molecule has 4 rings (SSSR count). The van der Waals surface area contributed by atoms with Crippen molar-refractivity contribution in [2.75, 3.05) is 17.2 Å². The maximum Gasteiger partial charge on any atom is 0.251 e. The topological polar surface area (TPSA) is 66.9 Å². The predicted octanol–water partition coefficient (Wildman–Crippen LogP) is 5.66. The van der Waals surface area contributed by atoms with Crippen molar-refractivity contribution in [3.63, 3.8) is 0 Å². The Balaban J connectivity index is 1.39. The maximum absolute atomic E-state index is 13.1. The van der Waals surface area contributed by atoms with Crippen molar-refractivity contribution < 1.29 is 4.79 Å². The summed E-state index contributed by atoms with van der Waals surface area (Å²) in [5, 5.41) is 6.35. The third kappa shape index (κ3) is 5.61. The highest BCUT2D eigenvalue weighted by Crippen LogP contribution is 2.33. The molecule has 32 heavy (non-hydrogen) atoms. The van der Waals surface area contributed by atoms with Crippen LogP contribution in [0.1, 0.15) is 49.4 Å². The Hall–Kier alpha value is -3.47. The van der Waals surface area contributed by atoms with Gasteiger partial charge in [-0.2, -0.15) is 0 Å². The lowest BCUT2D eigenvalue weighted by atomic mass is 9.86. The number of anilines is 2. The SMILES string of the molecule is CCc1ccc(C2=C(C(=O)Nc3ccc(NCCc4ccccn4)nc3)CCCC2)cc1. The number of hydrogen-bond donors (Lipinski definition) is 2. The maximum atomic E-state index is 13.1. The summed E-state index contributed by atoms with van der Waals surface area (Å²) in [7, 11) is 0. The van der Waals surface area contributed by atoms with Crippen LogP contribution in [0.25, 0.3) is 5.57 Å². The lowest BCUT2D eigenvalue weighted by Gasteiger charge is -2.20. The number of carbonyl (C=O) groups is 1. The molecule has 0 spiro atoms. The van der Waals surface area contributed by atoms with Gasteiger partial charge in [-0.05, 0) is 73.1 Å². The number of amides is 1. The van der Waals surface area contributed by atoms with Crippen LogP contribution < -0.4 is 10.6 Å². The number of aromatic nitrogens is 2. The van der Waals surface area contributed by atoms with E-state index in [9.17, 15) is 4.79 Å². The minimum Gasteiger partial charge on any atom is -0.370 e. The first-order valence-corrected chi connectivity index (χ1v) is 11.5. The third-order valence-corrected chi connectivity index (χ3v) is 5.89. The van der Waals surface area contributed by atoms with E-state index >= 15 is 0 Å². The van der Waals surface area contributed by atoms with Crippen LogP contribution in [0.5, 0.6) is 0 Å². The summed E-state index contributed by atoms with van der Waals surface area (Å²) in [5.74, 6) is 0.768. The smallest absolute Gasteiger partial charge is 0.251 e. The molecule has 3 aromatic rings. The van der Waals surface area contributed by atoms with Crippen molar-refractivity contribution in [2.24, 2.45) is 0 Å². The number of pyridine rings is 2. The minimum atomic E-state index is -0.0167. The monoisotopic (exact) mass is 426 g/mol. The first-order valence-electron chi connectivity index (χ1n) is 11.5. The molecule has 0 radical (unpaired) electrons. The number of nitrogens with zero attached hydrogens (tertiary/aromatic N) is 2. The summed E-state index contributed by atoms with van der Waals surface area (Å²) in [5.41, 5.74) is 6.32. The van der Waals surface area contributed by atoms with Crippen molar-refractivity contribution in [3.8, 4) is 0 Å². The highest BCUT2D eigenvalue weighted by Gasteiger charge is 2.20. The molecule has 1 amide bonds. The van der Waals surface area contributed by atoms with Gasteiger partial charge in [0.1, 0.15) is 5.82 Å². The Morgan fingerprint density at radius 1 is 0.969 bits per heavy atom. The van der Waals surface area contributed by atoms with Crippen molar-refractivity contribution in [2.45, 2.75) is 45.4 Å². The lowest BCUT2D eigenvalue weighted by molar-refractivity contribution is -0.113. The van der Waals surface area contributed by atoms with Gasteiger partial charge in [-0.3, -0.25) is 9.78 Å². The van der Waals surface area contributed by atoms with E-state index in [0.29, 0.717) is 5.69 Å². The molecule has 2 heterocycles. The Morgan fingerprint density at radius 2 is 1.81 bits per heavy atom. The fraction of sp³-hybridized carbons (Fsp3) is 0.296. The molecule has 0 bridgehead atoms. The Labute approximate surface area is 190 Å². The van der Waals surface area contributed by atoms with Crippen LogP contribution in [0.15, 0.2) is 72.6 Å². The van der Waals surface area contributed by atoms with Crippen molar-refractivity contribution in [1.82, 2.24) is 9.97 Å². The van der Waals surface area contributed by atoms with E-state index < -0.39 is 0 Å². The first kappa shape index (κ1) is 21.8. The van der Waals surface area contributed by atoms with E-state index in [-0.39, 0.29) is 5.91 Å². The van der Waals surface area contributed by atoms with Crippen LogP contribution in [0, 0.1) is 0 Å². The van der Waals surface area contributed by atoms with Crippen LogP contribution in [0.3, 0.4) is 0 Å². The van der Waals surface area contributed by atoms with Gasteiger partial charge in [-0.1, -0.05) is 37.3 Å². The molecule has 2 aromatic heterocycles. The number of nitrogens with one attached hydrogen (secondary N) is 2. The van der Waals surface area contributed by atoms with Crippen LogP contribution in [0.2, 0.25) is 0 Å². The second-order valence-electron chi connectivity index (χ2n) is 8.10. The average molecular weight is 427 g/mol. The van der Waals surface area contributed by atoms with E-state index in [1.54, 1.807) is 12.4 Å². The van der Waals surface area contributed by atoms with Gasteiger partial charge in [0.05, 0.1) is 11.9 Å². The summed E-state index contributed by atoms with van der Waals surface area (Å²) in [4.78, 5) is 21.8. The molecule has 5 nitrogen and oxygen atoms in total. The van der Waals surface area contributed by atoms with Gasteiger partial charge in [0.25, 0.3) is 5.91 Å². The molecule has 0 aliphatic heterocycles. The van der Waals surface area contributed by atoms with Crippen molar-refractivity contribution >= 4 is 23.0 Å². The molecule has 1 aliphatic carbocycles. The standard InChI is InChI=1S/C27H30N4O/c1-2-20-10-12-21(13-11-20)24-8-3-4-9-25(24)27(32)31-23-14-15-26(30-19-23)29-18-16-22-7-5-6-17-28-22/h5-7,10-15,17,19H,2-4,8-9,16,18H2,1H3,(H,29,30)(H,31,32). The summed E-state index contributed by atoms with van der Waals surface area (Å²) in [6.07, 6.45) is 9.31. The van der Waals surface area contributed by atoms with Gasteiger partial charge >= 0.3 is 0 Å². The molecule has 164 valence electrons. The quantitative estimate of drug-likeness (QED) is 0.488. The summed E-state index contributed by atoms with van der Waals surface area (Å²) < 4.78 is 0. The van der Waals surface area contributed by atoms with E-state index in [1.807, 2.05) is 30.3 Å². The fourth-order valence-corrected chi connectivity index (χ4v) is 4.06. The van der Waals surface area contributed by atoms with Gasteiger partial charge in [0, 0.05) is 30.4 Å². The zero-order chi connectivity index (χ0) is 22.2. The summed E-state index contributed by atoms with van der Waals surface area (Å²) in [6.45, 7) is 2.91. The highest BCUT2D eigenvalue weighted by molar-refractivity contribution is 6.09. The summed E-state index contributed by atoms with van der Waals surface area (Å²) in [6, 6.07) is 18.3. The molecule has 2 N–H and O–H groups in total. The normalized spacial score (nSPS) is 13.7. The van der Waals surface area contributed by atoms with Crippen molar-refractivity contribution in [1.29, 1.82) is 0 Å². The average Bonchev–Trinajstić information content (AvgIpc) is 2.86. The number of benzene rings is 1. The van der Waals surface area contributed by atoms with E-state index in [1.165, 1.54) is 11.1 Å². The Kier molecular flexibility index (Phi) is 7.28. The van der Waals surface area contributed by atoms with Gasteiger partial charge in [0.2, 0.25) is 0 Å². The molecule has 0 atom stereocenters. The molecule has 5 heteroatoms. The number of aryl methyl sites for hydroxylation is 1. The minimum absolute atomic E-state index is 0.0167. The predicted molar refractivity (Wildman–Crippen MR) is 131 cm³/mol. The zero-order valence-electron chi connectivity index (χ0n) is 18.6. The van der Waals surface area contributed by atoms with E-state index in [4.69, 9.17) is 0 Å². The van der Waals surface area contributed by atoms with Gasteiger partial charge in [-0.15, -0.1) is 0 Å². The van der Waals surface area contributed by atoms with Gasteiger partial charge in [0.15, 0.2) is 0 Å². The first-order chi connectivity index (χ1) is 15.7. The van der Waals surface area contributed by atoms with Crippen LogP contribution in [0.4, 0.5) is 11.5 Å².